The summed E-state index contributed by atoms with van der Waals surface area (Å²) in [6.07, 6.45) is 2.00. The molecular weight excluding hydrogens is 208 g/mol. The van der Waals surface area contributed by atoms with Crippen molar-refractivity contribution in [2.24, 2.45) is 0 Å². The fourth-order valence-electron chi connectivity index (χ4n) is 2.12. The van der Waals surface area contributed by atoms with Gasteiger partial charge in [-0.2, -0.15) is 0 Å². The molecular formula is C11H18N2OS. The first kappa shape index (κ1) is 11.0. The summed E-state index contributed by atoms with van der Waals surface area (Å²) < 4.78 is 0. The van der Waals surface area contributed by atoms with Crippen LogP contribution in [0.5, 0.6) is 0 Å². The SMILES string of the molecule is Cc1csc(CN2CCCC(C)(O)C2)n1. The van der Waals surface area contributed by atoms with E-state index >= 15 is 0 Å². The van der Waals surface area contributed by atoms with Gasteiger partial charge in [0, 0.05) is 17.6 Å². The van der Waals surface area contributed by atoms with Crippen molar-refractivity contribution >= 4 is 11.3 Å². The Morgan fingerprint density at radius 1 is 1.67 bits per heavy atom. The minimum absolute atomic E-state index is 0.509. The molecule has 1 atom stereocenters. The minimum atomic E-state index is -0.509. The Hall–Kier alpha value is -0.450. The zero-order valence-corrected chi connectivity index (χ0v) is 10.2. The van der Waals surface area contributed by atoms with Crippen LogP contribution in [-0.2, 0) is 6.54 Å². The first-order chi connectivity index (χ1) is 7.05. The molecule has 1 aromatic heterocycles. The third-order valence-electron chi connectivity index (χ3n) is 2.78. The Morgan fingerprint density at radius 3 is 3.07 bits per heavy atom. The number of hydrogen-bond donors (Lipinski definition) is 1. The number of aromatic nitrogens is 1. The molecule has 1 aromatic rings. The lowest BCUT2D eigenvalue weighted by Crippen LogP contribution is -2.45. The second-order valence-electron chi connectivity index (χ2n) is 4.69. The molecule has 1 saturated heterocycles. The minimum Gasteiger partial charge on any atom is -0.389 e. The Bertz CT molecular complexity index is 335. The second kappa shape index (κ2) is 4.20. The lowest BCUT2D eigenvalue weighted by atomic mass is 9.95. The highest BCUT2D eigenvalue weighted by atomic mass is 32.1. The molecule has 1 N–H and O–H groups in total. The maximum absolute atomic E-state index is 9.97. The molecule has 0 aromatic carbocycles. The number of thiazole rings is 1. The van der Waals surface area contributed by atoms with Crippen LogP contribution in [-0.4, -0.2) is 33.7 Å². The first-order valence-electron chi connectivity index (χ1n) is 5.41. The standard InChI is InChI=1S/C11H18N2OS/c1-9-7-15-10(12-9)6-13-5-3-4-11(2,14)8-13/h7,14H,3-6,8H2,1-2H3. The van der Waals surface area contributed by atoms with E-state index in [4.69, 9.17) is 0 Å². The summed E-state index contributed by atoms with van der Waals surface area (Å²) in [6, 6.07) is 0. The highest BCUT2D eigenvalue weighted by Crippen LogP contribution is 2.22. The molecule has 3 nitrogen and oxygen atoms in total. The molecule has 2 heterocycles. The average molecular weight is 226 g/mol. The van der Waals surface area contributed by atoms with Crippen molar-refractivity contribution < 1.29 is 5.11 Å². The molecule has 0 saturated carbocycles. The lowest BCUT2D eigenvalue weighted by molar-refractivity contribution is -0.0181. The molecule has 0 spiro atoms. The van der Waals surface area contributed by atoms with Crippen molar-refractivity contribution in [3.8, 4) is 0 Å². The van der Waals surface area contributed by atoms with Gasteiger partial charge in [-0.3, -0.25) is 4.90 Å². The predicted molar refractivity (Wildman–Crippen MR) is 62.0 cm³/mol. The van der Waals surface area contributed by atoms with Crippen LogP contribution >= 0.6 is 11.3 Å². The van der Waals surface area contributed by atoms with Crippen LogP contribution in [0.2, 0.25) is 0 Å². The van der Waals surface area contributed by atoms with E-state index < -0.39 is 5.60 Å². The number of piperidine rings is 1. The Kier molecular flexibility index (Phi) is 3.09. The summed E-state index contributed by atoms with van der Waals surface area (Å²) in [5.74, 6) is 0. The van der Waals surface area contributed by atoms with Crippen molar-refractivity contribution in [2.75, 3.05) is 13.1 Å². The maximum atomic E-state index is 9.97. The fraction of sp³-hybridized carbons (Fsp3) is 0.727. The van der Waals surface area contributed by atoms with Crippen LogP contribution in [0, 0.1) is 6.92 Å². The van der Waals surface area contributed by atoms with Crippen molar-refractivity contribution in [2.45, 2.75) is 38.8 Å². The lowest BCUT2D eigenvalue weighted by Gasteiger charge is -2.36. The van der Waals surface area contributed by atoms with E-state index in [1.807, 2.05) is 13.8 Å². The van der Waals surface area contributed by atoms with Crippen molar-refractivity contribution in [3.63, 3.8) is 0 Å². The zero-order valence-electron chi connectivity index (χ0n) is 9.36. The van der Waals surface area contributed by atoms with Crippen molar-refractivity contribution in [3.05, 3.63) is 16.1 Å². The van der Waals surface area contributed by atoms with Crippen LogP contribution in [0.1, 0.15) is 30.5 Å². The maximum Gasteiger partial charge on any atom is 0.107 e. The first-order valence-corrected chi connectivity index (χ1v) is 6.29. The van der Waals surface area contributed by atoms with Gasteiger partial charge < -0.3 is 5.11 Å². The van der Waals surface area contributed by atoms with Gasteiger partial charge in [0.15, 0.2) is 0 Å². The van der Waals surface area contributed by atoms with Gasteiger partial charge in [0.2, 0.25) is 0 Å². The fourth-order valence-corrected chi connectivity index (χ4v) is 2.94. The van der Waals surface area contributed by atoms with E-state index in [0.717, 1.165) is 43.2 Å². The average Bonchev–Trinajstić information content (AvgIpc) is 2.49. The summed E-state index contributed by atoms with van der Waals surface area (Å²) in [7, 11) is 0. The van der Waals surface area contributed by atoms with Gasteiger partial charge in [-0.1, -0.05) is 0 Å². The van der Waals surface area contributed by atoms with Gasteiger partial charge >= 0.3 is 0 Å². The molecule has 1 aliphatic heterocycles. The Morgan fingerprint density at radius 2 is 2.47 bits per heavy atom. The quantitative estimate of drug-likeness (QED) is 0.835. The molecule has 0 amide bonds. The van der Waals surface area contributed by atoms with Crippen LogP contribution in [0.15, 0.2) is 5.38 Å². The molecule has 0 radical (unpaired) electrons. The van der Waals surface area contributed by atoms with E-state index in [1.54, 1.807) is 11.3 Å². The topological polar surface area (TPSA) is 36.4 Å². The summed E-state index contributed by atoms with van der Waals surface area (Å²) >= 11 is 1.71. The van der Waals surface area contributed by atoms with Crippen LogP contribution < -0.4 is 0 Å². The Balaban J connectivity index is 1.95. The highest BCUT2D eigenvalue weighted by Gasteiger charge is 2.28. The zero-order chi connectivity index (χ0) is 10.9. The number of rotatable bonds is 2. The molecule has 1 fully saturated rings. The number of likely N-dealkylation sites (tertiary alicyclic amines) is 1. The van der Waals surface area contributed by atoms with Gasteiger partial charge in [0.05, 0.1) is 12.1 Å². The molecule has 0 aliphatic carbocycles. The van der Waals surface area contributed by atoms with E-state index in [9.17, 15) is 5.11 Å². The molecule has 15 heavy (non-hydrogen) atoms. The summed E-state index contributed by atoms with van der Waals surface area (Å²) in [5.41, 5.74) is 0.587. The summed E-state index contributed by atoms with van der Waals surface area (Å²) in [4.78, 5) is 6.74. The molecule has 84 valence electrons. The van der Waals surface area contributed by atoms with Gasteiger partial charge in [0.25, 0.3) is 0 Å². The number of aliphatic hydroxyl groups is 1. The molecule has 0 bridgehead atoms. The highest BCUT2D eigenvalue weighted by molar-refractivity contribution is 7.09. The molecule has 4 heteroatoms. The number of hydrogen-bond acceptors (Lipinski definition) is 4. The molecule has 2 rings (SSSR count). The van der Waals surface area contributed by atoms with E-state index in [1.165, 1.54) is 0 Å². The normalized spacial score (nSPS) is 28.2. The summed E-state index contributed by atoms with van der Waals surface area (Å²) in [5, 5.41) is 13.2. The van der Waals surface area contributed by atoms with Crippen molar-refractivity contribution in [1.82, 2.24) is 9.88 Å². The van der Waals surface area contributed by atoms with E-state index in [-0.39, 0.29) is 0 Å². The predicted octanol–water partition coefficient (Wildman–Crippen LogP) is 1.80. The smallest absolute Gasteiger partial charge is 0.107 e. The number of aryl methyl sites for hydroxylation is 1. The van der Waals surface area contributed by atoms with Crippen LogP contribution in [0.3, 0.4) is 0 Å². The van der Waals surface area contributed by atoms with Gasteiger partial charge in [-0.15, -0.1) is 11.3 Å². The van der Waals surface area contributed by atoms with Gasteiger partial charge in [-0.25, -0.2) is 4.98 Å². The van der Waals surface area contributed by atoms with Gasteiger partial charge in [0.1, 0.15) is 5.01 Å². The van der Waals surface area contributed by atoms with Gasteiger partial charge in [-0.05, 0) is 33.2 Å². The van der Waals surface area contributed by atoms with Crippen LogP contribution in [0.25, 0.3) is 0 Å². The van der Waals surface area contributed by atoms with Crippen LogP contribution in [0.4, 0.5) is 0 Å². The Labute approximate surface area is 94.8 Å². The van der Waals surface area contributed by atoms with Crippen molar-refractivity contribution in [1.29, 1.82) is 0 Å². The summed E-state index contributed by atoms with van der Waals surface area (Å²) in [6.45, 7) is 6.67. The van der Waals surface area contributed by atoms with E-state index in [0.29, 0.717) is 0 Å². The third kappa shape index (κ3) is 3.00. The monoisotopic (exact) mass is 226 g/mol. The third-order valence-corrected chi connectivity index (χ3v) is 3.73. The number of β-amino-alcohol motifs (C(OH)–C–C–N with tert-alkyl or cyclic N) is 1. The molecule has 1 aliphatic rings. The number of nitrogens with zero attached hydrogens (tertiary/aromatic N) is 2. The second-order valence-corrected chi connectivity index (χ2v) is 5.64. The van der Waals surface area contributed by atoms with E-state index in [2.05, 4.69) is 15.3 Å². The molecule has 1 unspecified atom stereocenters. The largest absolute Gasteiger partial charge is 0.389 e.